The molecule has 0 bridgehead atoms. The van der Waals surface area contributed by atoms with Crippen molar-refractivity contribution in [1.82, 2.24) is 0 Å². The lowest BCUT2D eigenvalue weighted by Gasteiger charge is -2.20. The van der Waals surface area contributed by atoms with E-state index in [1.165, 1.54) is 0 Å². The first kappa shape index (κ1) is 20.0. The molecule has 0 aliphatic carbocycles. The lowest BCUT2D eigenvalue weighted by Crippen LogP contribution is -2.16. The maximum Gasteiger partial charge on any atom is 0.146 e. The highest BCUT2D eigenvalue weighted by molar-refractivity contribution is 9.10. The Morgan fingerprint density at radius 3 is 2.52 bits per heavy atom. The van der Waals surface area contributed by atoms with E-state index >= 15 is 0 Å². The summed E-state index contributed by atoms with van der Waals surface area (Å²) in [5.41, 5.74) is 3.38. The minimum Gasteiger partial charge on any atom is -0.489 e. The van der Waals surface area contributed by atoms with Gasteiger partial charge in [0.1, 0.15) is 31.0 Å². The Balaban J connectivity index is 1.48. The molecule has 3 aromatic carbocycles. The number of fused-ring (bicyclic) bond motifs is 1. The van der Waals surface area contributed by atoms with Gasteiger partial charge in [-0.1, -0.05) is 58.4 Å². The predicted molar refractivity (Wildman–Crippen MR) is 115 cm³/mol. The van der Waals surface area contributed by atoms with E-state index in [0.717, 1.165) is 32.7 Å². The van der Waals surface area contributed by atoms with Crippen LogP contribution in [0.3, 0.4) is 0 Å². The summed E-state index contributed by atoms with van der Waals surface area (Å²) >= 11 is 3.56. The van der Waals surface area contributed by atoms with Gasteiger partial charge in [0.2, 0.25) is 0 Å². The third-order valence-corrected chi connectivity index (χ3v) is 5.44. The number of halogens is 1. The van der Waals surface area contributed by atoms with Crippen molar-refractivity contribution in [2.24, 2.45) is 0 Å². The van der Waals surface area contributed by atoms with Crippen LogP contribution in [0.5, 0.6) is 11.5 Å². The van der Waals surface area contributed by atoms with Crippen LogP contribution >= 0.6 is 15.9 Å². The molecule has 2 atom stereocenters. The van der Waals surface area contributed by atoms with Gasteiger partial charge in [-0.2, -0.15) is 0 Å². The van der Waals surface area contributed by atoms with Crippen LogP contribution in [-0.4, -0.2) is 20.5 Å². The van der Waals surface area contributed by atoms with Gasteiger partial charge < -0.3 is 18.9 Å². The molecule has 4 nitrogen and oxygen atoms in total. The Kier molecular flexibility index (Phi) is 6.49. The molecule has 150 valence electrons. The van der Waals surface area contributed by atoms with Gasteiger partial charge in [-0.15, -0.1) is 0 Å². The lowest BCUT2D eigenvalue weighted by atomic mass is 9.92. The van der Waals surface area contributed by atoms with E-state index in [1.807, 2.05) is 42.5 Å². The average molecular weight is 455 g/mol. The minimum atomic E-state index is -0.112. The third kappa shape index (κ3) is 4.81. The van der Waals surface area contributed by atoms with Crippen LogP contribution in [0.25, 0.3) is 0 Å². The Bertz CT molecular complexity index is 927. The van der Waals surface area contributed by atoms with Crippen molar-refractivity contribution < 1.29 is 18.9 Å². The standard InChI is InChI=1S/C24H23BrO4/c1-26-16-27-15-22-21-13-19(25)9-12-23(21)29-24(22)18-7-10-20(11-8-18)28-14-17-5-3-2-4-6-17/h2-13,22,24H,14-16H2,1H3/t22-,24-/m1/s1. The molecule has 0 N–H and O–H groups in total. The Hall–Kier alpha value is -2.34. The van der Waals surface area contributed by atoms with Gasteiger partial charge in [-0.05, 0) is 41.5 Å². The molecule has 0 aromatic heterocycles. The molecular weight excluding hydrogens is 432 g/mol. The number of benzene rings is 3. The summed E-state index contributed by atoms with van der Waals surface area (Å²) in [6.45, 7) is 1.33. The van der Waals surface area contributed by atoms with Crippen molar-refractivity contribution in [2.75, 3.05) is 20.5 Å². The number of rotatable bonds is 8. The fourth-order valence-electron chi connectivity index (χ4n) is 3.53. The quantitative estimate of drug-likeness (QED) is 0.315. The first-order valence-electron chi connectivity index (χ1n) is 9.54. The summed E-state index contributed by atoms with van der Waals surface area (Å²) in [5.74, 6) is 1.82. The summed E-state index contributed by atoms with van der Waals surface area (Å²) < 4.78 is 23.9. The fourth-order valence-corrected chi connectivity index (χ4v) is 3.91. The van der Waals surface area contributed by atoms with E-state index in [1.54, 1.807) is 7.11 Å². The molecule has 5 heteroatoms. The first-order valence-corrected chi connectivity index (χ1v) is 10.3. The van der Waals surface area contributed by atoms with Crippen molar-refractivity contribution >= 4 is 15.9 Å². The van der Waals surface area contributed by atoms with E-state index in [-0.39, 0.29) is 18.8 Å². The van der Waals surface area contributed by atoms with Crippen molar-refractivity contribution in [3.63, 3.8) is 0 Å². The van der Waals surface area contributed by atoms with E-state index < -0.39 is 0 Å². The van der Waals surface area contributed by atoms with E-state index in [0.29, 0.717) is 13.2 Å². The molecule has 0 saturated heterocycles. The van der Waals surface area contributed by atoms with Gasteiger partial charge >= 0.3 is 0 Å². The fraction of sp³-hybridized carbons (Fsp3) is 0.250. The predicted octanol–water partition coefficient (Wildman–Crippen LogP) is 5.87. The van der Waals surface area contributed by atoms with Crippen LogP contribution in [0, 0.1) is 0 Å². The second kappa shape index (κ2) is 9.44. The van der Waals surface area contributed by atoms with Crippen molar-refractivity contribution in [1.29, 1.82) is 0 Å². The molecule has 1 aliphatic heterocycles. The van der Waals surface area contributed by atoms with E-state index in [4.69, 9.17) is 18.9 Å². The second-order valence-electron chi connectivity index (χ2n) is 6.95. The zero-order valence-electron chi connectivity index (χ0n) is 16.2. The lowest BCUT2D eigenvalue weighted by molar-refractivity contribution is -0.0418. The van der Waals surface area contributed by atoms with Crippen LogP contribution in [0.15, 0.2) is 77.3 Å². The zero-order chi connectivity index (χ0) is 20.1. The zero-order valence-corrected chi connectivity index (χ0v) is 17.8. The van der Waals surface area contributed by atoms with Crippen molar-refractivity contribution in [3.05, 3.63) is 94.0 Å². The molecule has 29 heavy (non-hydrogen) atoms. The highest BCUT2D eigenvalue weighted by atomic mass is 79.9. The summed E-state index contributed by atoms with van der Waals surface area (Å²) in [5, 5.41) is 0. The summed E-state index contributed by atoms with van der Waals surface area (Å²) in [4.78, 5) is 0. The van der Waals surface area contributed by atoms with Gasteiger partial charge in [0.05, 0.1) is 12.5 Å². The number of hydrogen-bond donors (Lipinski definition) is 0. The monoisotopic (exact) mass is 454 g/mol. The Labute approximate surface area is 179 Å². The third-order valence-electron chi connectivity index (χ3n) is 4.95. The molecule has 0 amide bonds. The van der Waals surface area contributed by atoms with Crippen LogP contribution in [0.1, 0.15) is 28.7 Å². The average Bonchev–Trinajstić information content (AvgIpc) is 3.11. The largest absolute Gasteiger partial charge is 0.489 e. The molecule has 1 aliphatic rings. The van der Waals surface area contributed by atoms with Crippen LogP contribution in [-0.2, 0) is 16.1 Å². The summed E-state index contributed by atoms with van der Waals surface area (Å²) in [6, 6.07) is 24.4. The molecule has 0 radical (unpaired) electrons. The number of hydrogen-bond acceptors (Lipinski definition) is 4. The normalized spacial score (nSPS) is 17.6. The molecular formula is C24H23BrO4. The van der Waals surface area contributed by atoms with Crippen molar-refractivity contribution in [3.8, 4) is 11.5 Å². The van der Waals surface area contributed by atoms with Crippen LogP contribution in [0.2, 0.25) is 0 Å². The topological polar surface area (TPSA) is 36.9 Å². The minimum absolute atomic E-state index is 0.0914. The maximum atomic E-state index is 6.28. The van der Waals surface area contributed by atoms with Gasteiger partial charge in [0.25, 0.3) is 0 Å². The maximum absolute atomic E-state index is 6.28. The molecule has 1 heterocycles. The smallest absolute Gasteiger partial charge is 0.146 e. The SMILES string of the molecule is COCOC[C@@H]1c2cc(Br)ccc2O[C@@H]1c1ccc(OCc2ccccc2)cc1. The van der Waals surface area contributed by atoms with E-state index in [9.17, 15) is 0 Å². The van der Waals surface area contributed by atoms with Gasteiger partial charge in [-0.25, -0.2) is 0 Å². The number of methoxy groups -OCH3 is 1. The van der Waals surface area contributed by atoms with Crippen LogP contribution in [0.4, 0.5) is 0 Å². The Morgan fingerprint density at radius 1 is 0.966 bits per heavy atom. The first-order chi connectivity index (χ1) is 14.2. The molecule has 0 unspecified atom stereocenters. The second-order valence-corrected chi connectivity index (χ2v) is 7.86. The number of ether oxygens (including phenoxy) is 4. The highest BCUT2D eigenvalue weighted by Gasteiger charge is 2.35. The summed E-state index contributed by atoms with van der Waals surface area (Å²) in [7, 11) is 1.63. The van der Waals surface area contributed by atoms with E-state index in [2.05, 4.69) is 46.3 Å². The summed E-state index contributed by atoms with van der Waals surface area (Å²) in [6.07, 6.45) is -0.112. The molecule has 4 rings (SSSR count). The van der Waals surface area contributed by atoms with Crippen molar-refractivity contribution in [2.45, 2.75) is 18.6 Å². The molecule has 3 aromatic rings. The van der Waals surface area contributed by atoms with Gasteiger partial charge in [-0.3, -0.25) is 0 Å². The van der Waals surface area contributed by atoms with Gasteiger partial charge in [0.15, 0.2) is 0 Å². The Morgan fingerprint density at radius 2 is 1.76 bits per heavy atom. The molecule has 0 fully saturated rings. The van der Waals surface area contributed by atoms with Crippen LogP contribution < -0.4 is 9.47 Å². The van der Waals surface area contributed by atoms with Gasteiger partial charge in [0, 0.05) is 17.1 Å². The molecule has 0 spiro atoms. The molecule has 0 saturated carbocycles. The highest BCUT2D eigenvalue weighted by Crippen LogP contribution is 2.47.